The normalized spacial score (nSPS) is 10.2. The molecule has 1 amide bonds. The van der Waals surface area contributed by atoms with Crippen LogP contribution < -0.4 is 15.8 Å². The van der Waals surface area contributed by atoms with Gasteiger partial charge in [-0.3, -0.25) is 4.79 Å². The number of pyridine rings is 1. The molecule has 0 saturated heterocycles. The van der Waals surface area contributed by atoms with Gasteiger partial charge in [0.2, 0.25) is 5.88 Å². The highest BCUT2D eigenvalue weighted by Gasteiger charge is 2.14. The summed E-state index contributed by atoms with van der Waals surface area (Å²) in [5, 5.41) is 3.62. The Kier molecular flexibility index (Phi) is 4.88. The van der Waals surface area contributed by atoms with Crippen molar-refractivity contribution in [3.05, 3.63) is 45.9 Å². The van der Waals surface area contributed by atoms with Crippen molar-refractivity contribution >= 4 is 34.9 Å². The molecule has 1 aromatic heterocycles. The summed E-state index contributed by atoms with van der Waals surface area (Å²) in [6.45, 7) is 2.56. The molecule has 0 aliphatic carbocycles. The second-order valence-corrected chi connectivity index (χ2v) is 4.91. The Morgan fingerprint density at radius 3 is 2.71 bits per heavy atom. The zero-order valence-electron chi connectivity index (χ0n) is 11.2. The minimum absolute atomic E-state index is 0.144. The zero-order valence-corrected chi connectivity index (χ0v) is 12.7. The number of carbonyl (C=O) groups is 1. The molecule has 0 radical (unpaired) electrons. The Labute approximate surface area is 132 Å². The van der Waals surface area contributed by atoms with Gasteiger partial charge in [0.05, 0.1) is 10.6 Å². The second kappa shape index (κ2) is 6.65. The van der Waals surface area contributed by atoms with Crippen LogP contribution >= 0.6 is 23.2 Å². The van der Waals surface area contributed by atoms with E-state index in [2.05, 4.69) is 10.3 Å². The number of nitrogens with zero attached hydrogens (tertiary/aromatic N) is 1. The lowest BCUT2D eigenvalue weighted by Gasteiger charge is -2.12. The molecule has 2 rings (SSSR count). The van der Waals surface area contributed by atoms with Crippen LogP contribution in [0, 0.1) is 0 Å². The van der Waals surface area contributed by atoms with E-state index in [1.165, 1.54) is 6.07 Å². The summed E-state index contributed by atoms with van der Waals surface area (Å²) in [5.41, 5.74) is 5.55. The minimum atomic E-state index is -0.595. The van der Waals surface area contributed by atoms with E-state index in [1.54, 1.807) is 24.3 Å². The number of hydrogen-bond donors (Lipinski definition) is 2. The number of anilines is 1. The minimum Gasteiger partial charge on any atom is -0.437 e. The molecule has 0 fully saturated rings. The number of nitrogens with one attached hydrogen (secondary N) is 1. The summed E-state index contributed by atoms with van der Waals surface area (Å²) in [7, 11) is 0. The number of benzene rings is 1. The van der Waals surface area contributed by atoms with Gasteiger partial charge in [0.15, 0.2) is 0 Å². The van der Waals surface area contributed by atoms with Gasteiger partial charge in [-0.25, -0.2) is 0 Å². The summed E-state index contributed by atoms with van der Waals surface area (Å²) in [4.78, 5) is 15.6. The number of primary amides is 1. The van der Waals surface area contributed by atoms with E-state index >= 15 is 0 Å². The number of amides is 1. The lowest BCUT2D eigenvalue weighted by atomic mass is 10.2. The van der Waals surface area contributed by atoms with Crippen LogP contribution in [-0.2, 0) is 0 Å². The van der Waals surface area contributed by atoms with Crippen molar-refractivity contribution in [1.29, 1.82) is 0 Å². The van der Waals surface area contributed by atoms with Gasteiger partial charge in [0, 0.05) is 6.54 Å². The lowest BCUT2D eigenvalue weighted by molar-refractivity contribution is 0.0998. The smallest absolute Gasteiger partial charge is 0.252 e. The van der Waals surface area contributed by atoms with Crippen molar-refractivity contribution < 1.29 is 9.53 Å². The molecule has 0 bridgehead atoms. The maximum Gasteiger partial charge on any atom is 0.252 e. The van der Waals surface area contributed by atoms with Gasteiger partial charge in [0.1, 0.15) is 16.6 Å². The first-order valence-electron chi connectivity index (χ1n) is 6.19. The molecule has 0 aliphatic heterocycles. The first-order chi connectivity index (χ1) is 10.0. The van der Waals surface area contributed by atoms with Gasteiger partial charge in [0.25, 0.3) is 5.91 Å². The van der Waals surface area contributed by atoms with Crippen LogP contribution in [0.1, 0.15) is 17.3 Å². The standard InChI is InChI=1S/C14H13Cl2N3O2/c1-2-18-13-9(15)7-10(16)14(19-13)21-11-6-4-3-5-8(11)12(17)20/h3-7H,2H2,1H3,(H2,17,20)(H,18,19). The molecule has 2 aromatic rings. The highest BCUT2D eigenvalue weighted by atomic mass is 35.5. The van der Waals surface area contributed by atoms with Crippen molar-refractivity contribution in [2.45, 2.75) is 6.92 Å². The lowest BCUT2D eigenvalue weighted by Crippen LogP contribution is -2.12. The first-order valence-corrected chi connectivity index (χ1v) is 6.95. The van der Waals surface area contributed by atoms with Crippen molar-refractivity contribution in [2.24, 2.45) is 5.73 Å². The van der Waals surface area contributed by atoms with Crippen molar-refractivity contribution in [2.75, 3.05) is 11.9 Å². The third-order valence-corrected chi connectivity index (χ3v) is 3.16. The Bertz CT molecular complexity index is 677. The van der Waals surface area contributed by atoms with E-state index in [1.807, 2.05) is 6.92 Å². The summed E-state index contributed by atoms with van der Waals surface area (Å²) < 4.78 is 5.60. The fourth-order valence-electron chi connectivity index (χ4n) is 1.68. The predicted molar refractivity (Wildman–Crippen MR) is 83.5 cm³/mol. The van der Waals surface area contributed by atoms with E-state index in [9.17, 15) is 4.79 Å². The van der Waals surface area contributed by atoms with Crippen LogP contribution in [0.15, 0.2) is 30.3 Å². The van der Waals surface area contributed by atoms with Crippen LogP contribution in [0.4, 0.5) is 5.82 Å². The summed E-state index contributed by atoms with van der Waals surface area (Å²) in [6, 6.07) is 8.10. The Balaban J connectivity index is 2.40. The fraction of sp³-hybridized carbons (Fsp3) is 0.143. The number of carbonyl (C=O) groups excluding carboxylic acids is 1. The molecule has 0 unspecified atom stereocenters. The van der Waals surface area contributed by atoms with E-state index < -0.39 is 5.91 Å². The number of nitrogens with two attached hydrogens (primary N) is 1. The SMILES string of the molecule is CCNc1nc(Oc2ccccc2C(N)=O)c(Cl)cc1Cl. The molecule has 1 aromatic carbocycles. The van der Waals surface area contributed by atoms with Crippen molar-refractivity contribution in [3.63, 3.8) is 0 Å². The monoisotopic (exact) mass is 325 g/mol. The van der Waals surface area contributed by atoms with Crippen LogP contribution in [0.3, 0.4) is 0 Å². The zero-order chi connectivity index (χ0) is 15.4. The molecule has 3 N–H and O–H groups in total. The Morgan fingerprint density at radius 2 is 2.05 bits per heavy atom. The highest BCUT2D eigenvalue weighted by molar-refractivity contribution is 6.36. The number of aromatic nitrogens is 1. The summed E-state index contributed by atoms with van der Waals surface area (Å²) in [5.74, 6) is 0.285. The molecule has 0 atom stereocenters. The van der Waals surface area contributed by atoms with Gasteiger partial charge in [-0.15, -0.1) is 0 Å². The number of para-hydroxylation sites is 1. The molecule has 21 heavy (non-hydrogen) atoms. The average Bonchev–Trinajstić information content (AvgIpc) is 2.44. The van der Waals surface area contributed by atoms with Gasteiger partial charge in [-0.05, 0) is 25.1 Å². The number of hydrogen-bond acceptors (Lipinski definition) is 4. The Morgan fingerprint density at radius 1 is 1.33 bits per heavy atom. The molecule has 0 aliphatic rings. The quantitative estimate of drug-likeness (QED) is 0.878. The third kappa shape index (κ3) is 3.56. The maximum absolute atomic E-state index is 11.4. The van der Waals surface area contributed by atoms with E-state index in [0.29, 0.717) is 17.4 Å². The molecule has 7 heteroatoms. The van der Waals surface area contributed by atoms with Crippen LogP contribution in [0.2, 0.25) is 10.0 Å². The topological polar surface area (TPSA) is 77.2 Å². The molecule has 5 nitrogen and oxygen atoms in total. The van der Waals surface area contributed by atoms with Gasteiger partial charge < -0.3 is 15.8 Å². The fourth-order valence-corrected chi connectivity index (χ4v) is 2.14. The van der Waals surface area contributed by atoms with Crippen molar-refractivity contribution in [1.82, 2.24) is 4.98 Å². The number of ether oxygens (including phenoxy) is 1. The third-order valence-electron chi connectivity index (χ3n) is 2.60. The Hall–Kier alpha value is -1.98. The molecule has 0 spiro atoms. The predicted octanol–water partition coefficient (Wildman–Crippen LogP) is 3.71. The number of halogens is 2. The van der Waals surface area contributed by atoms with Crippen LogP contribution in [-0.4, -0.2) is 17.4 Å². The maximum atomic E-state index is 11.4. The molecule has 110 valence electrons. The van der Waals surface area contributed by atoms with Crippen LogP contribution in [0.25, 0.3) is 0 Å². The van der Waals surface area contributed by atoms with E-state index in [-0.39, 0.29) is 22.2 Å². The largest absolute Gasteiger partial charge is 0.437 e. The summed E-state index contributed by atoms with van der Waals surface area (Å²) >= 11 is 12.1. The summed E-state index contributed by atoms with van der Waals surface area (Å²) in [6.07, 6.45) is 0. The highest BCUT2D eigenvalue weighted by Crippen LogP contribution is 2.34. The molecular formula is C14H13Cl2N3O2. The van der Waals surface area contributed by atoms with Crippen molar-refractivity contribution in [3.8, 4) is 11.6 Å². The number of rotatable bonds is 5. The van der Waals surface area contributed by atoms with Gasteiger partial charge >= 0.3 is 0 Å². The van der Waals surface area contributed by atoms with E-state index in [0.717, 1.165) is 0 Å². The first kappa shape index (κ1) is 15.4. The van der Waals surface area contributed by atoms with E-state index in [4.69, 9.17) is 33.7 Å². The molecule has 1 heterocycles. The average molecular weight is 326 g/mol. The molecule has 0 saturated carbocycles. The molecular weight excluding hydrogens is 313 g/mol. The van der Waals surface area contributed by atoms with Crippen LogP contribution in [0.5, 0.6) is 11.6 Å². The van der Waals surface area contributed by atoms with Gasteiger partial charge in [-0.1, -0.05) is 35.3 Å². The second-order valence-electron chi connectivity index (χ2n) is 4.10. The van der Waals surface area contributed by atoms with Gasteiger partial charge in [-0.2, -0.15) is 4.98 Å².